The molecule has 1 aromatic rings. The Morgan fingerprint density at radius 1 is 1.22 bits per heavy atom. The number of carbonyl (C=O) groups excluding carboxylic acids is 2. The SMILES string of the molecule is O=C(/C=C/c1ccccc1Cl)NNC(=O)C1CC1. The zero-order valence-corrected chi connectivity index (χ0v) is 10.4. The topological polar surface area (TPSA) is 58.2 Å². The second-order valence-electron chi connectivity index (χ2n) is 4.11. The van der Waals surface area contributed by atoms with Gasteiger partial charge in [-0.25, -0.2) is 0 Å². The van der Waals surface area contributed by atoms with Gasteiger partial charge in [0.05, 0.1) is 0 Å². The molecule has 0 heterocycles. The van der Waals surface area contributed by atoms with Crippen molar-refractivity contribution in [2.24, 2.45) is 5.92 Å². The highest BCUT2D eigenvalue weighted by Crippen LogP contribution is 2.28. The first kappa shape index (κ1) is 12.6. The number of carbonyl (C=O) groups is 2. The molecule has 0 bridgehead atoms. The van der Waals surface area contributed by atoms with Crippen LogP contribution >= 0.6 is 11.6 Å². The number of amides is 2. The van der Waals surface area contributed by atoms with Gasteiger partial charge in [-0.3, -0.25) is 20.4 Å². The molecule has 5 heteroatoms. The van der Waals surface area contributed by atoms with Gasteiger partial charge in [0.1, 0.15) is 0 Å². The molecule has 0 saturated heterocycles. The zero-order chi connectivity index (χ0) is 13.0. The highest BCUT2D eigenvalue weighted by molar-refractivity contribution is 6.32. The van der Waals surface area contributed by atoms with Gasteiger partial charge >= 0.3 is 0 Å². The lowest BCUT2D eigenvalue weighted by molar-refractivity contribution is -0.127. The Labute approximate surface area is 110 Å². The van der Waals surface area contributed by atoms with Gasteiger partial charge in [-0.2, -0.15) is 0 Å². The van der Waals surface area contributed by atoms with E-state index in [1.165, 1.54) is 6.08 Å². The van der Waals surface area contributed by atoms with Crippen molar-refractivity contribution in [2.45, 2.75) is 12.8 Å². The molecule has 0 atom stereocenters. The van der Waals surface area contributed by atoms with Crippen LogP contribution in [0.3, 0.4) is 0 Å². The molecule has 0 spiro atoms. The van der Waals surface area contributed by atoms with E-state index in [1.807, 2.05) is 12.1 Å². The quantitative estimate of drug-likeness (QED) is 0.647. The van der Waals surface area contributed by atoms with E-state index in [0.717, 1.165) is 18.4 Å². The van der Waals surface area contributed by atoms with E-state index in [9.17, 15) is 9.59 Å². The summed E-state index contributed by atoms with van der Waals surface area (Å²) in [7, 11) is 0. The van der Waals surface area contributed by atoms with Gasteiger partial charge in [0.25, 0.3) is 5.91 Å². The Balaban J connectivity index is 1.83. The minimum Gasteiger partial charge on any atom is -0.273 e. The van der Waals surface area contributed by atoms with Crippen LogP contribution in [0.15, 0.2) is 30.3 Å². The first-order chi connectivity index (χ1) is 8.66. The molecule has 2 amide bonds. The van der Waals surface area contributed by atoms with E-state index in [0.29, 0.717) is 5.02 Å². The van der Waals surface area contributed by atoms with Gasteiger partial charge in [-0.05, 0) is 30.5 Å². The molecule has 4 nitrogen and oxygen atoms in total. The Bertz CT molecular complexity index is 496. The second-order valence-corrected chi connectivity index (χ2v) is 4.51. The standard InChI is InChI=1S/C13H13ClN2O2/c14-11-4-2-1-3-9(11)7-8-12(17)15-16-13(18)10-5-6-10/h1-4,7-8,10H,5-6H2,(H,15,17)(H,16,18)/b8-7+. The summed E-state index contributed by atoms with van der Waals surface area (Å²) in [5.74, 6) is -0.448. The lowest BCUT2D eigenvalue weighted by atomic mass is 10.2. The summed E-state index contributed by atoms with van der Waals surface area (Å²) in [6, 6.07) is 7.19. The Morgan fingerprint density at radius 2 is 1.94 bits per heavy atom. The van der Waals surface area contributed by atoms with Gasteiger partial charge in [0.2, 0.25) is 5.91 Å². The summed E-state index contributed by atoms with van der Waals surface area (Å²) >= 11 is 5.93. The maximum atomic E-state index is 11.4. The molecular formula is C13H13ClN2O2. The normalized spacial score (nSPS) is 14.5. The van der Waals surface area contributed by atoms with Gasteiger partial charge in [0.15, 0.2) is 0 Å². The molecule has 0 unspecified atom stereocenters. The second kappa shape index (κ2) is 5.69. The number of halogens is 1. The predicted molar refractivity (Wildman–Crippen MR) is 69.5 cm³/mol. The van der Waals surface area contributed by atoms with Crippen LogP contribution in [-0.2, 0) is 9.59 Å². The molecule has 0 radical (unpaired) electrons. The van der Waals surface area contributed by atoms with Gasteiger partial charge < -0.3 is 0 Å². The minimum absolute atomic E-state index is 0.0675. The third kappa shape index (κ3) is 3.60. The molecule has 1 aliphatic carbocycles. The highest BCUT2D eigenvalue weighted by Gasteiger charge is 2.29. The van der Waals surface area contributed by atoms with Crippen molar-refractivity contribution in [3.05, 3.63) is 40.9 Å². The molecular weight excluding hydrogens is 252 g/mol. The van der Waals surface area contributed by atoms with Crippen molar-refractivity contribution in [3.8, 4) is 0 Å². The van der Waals surface area contributed by atoms with Gasteiger partial charge in [-0.1, -0.05) is 29.8 Å². The number of hydrazine groups is 1. The van der Waals surface area contributed by atoms with Crippen LogP contribution in [0, 0.1) is 5.92 Å². The van der Waals surface area contributed by atoms with E-state index in [-0.39, 0.29) is 17.7 Å². The van der Waals surface area contributed by atoms with E-state index in [1.54, 1.807) is 18.2 Å². The molecule has 1 aliphatic rings. The maximum Gasteiger partial charge on any atom is 0.262 e. The molecule has 1 aromatic carbocycles. The molecule has 0 aromatic heterocycles. The molecule has 2 N–H and O–H groups in total. The highest BCUT2D eigenvalue weighted by atomic mass is 35.5. The average Bonchev–Trinajstić information content (AvgIpc) is 3.19. The average molecular weight is 265 g/mol. The number of hydrogen-bond acceptors (Lipinski definition) is 2. The monoisotopic (exact) mass is 264 g/mol. The minimum atomic E-state index is -0.385. The Hall–Kier alpha value is -1.81. The van der Waals surface area contributed by atoms with Crippen LogP contribution < -0.4 is 10.9 Å². The fourth-order valence-corrected chi connectivity index (χ4v) is 1.59. The summed E-state index contributed by atoms with van der Waals surface area (Å²) in [5, 5.41) is 0.573. The lowest BCUT2D eigenvalue weighted by Gasteiger charge is -2.03. The van der Waals surface area contributed by atoms with Crippen LogP contribution in [-0.4, -0.2) is 11.8 Å². The fourth-order valence-electron chi connectivity index (χ4n) is 1.39. The first-order valence-electron chi connectivity index (χ1n) is 5.69. The van der Waals surface area contributed by atoms with Crippen LogP contribution in [0.2, 0.25) is 5.02 Å². The summed E-state index contributed by atoms with van der Waals surface area (Å²) in [6.07, 6.45) is 4.73. The van der Waals surface area contributed by atoms with Crippen LogP contribution in [0.1, 0.15) is 18.4 Å². The van der Waals surface area contributed by atoms with Crippen molar-refractivity contribution in [1.82, 2.24) is 10.9 Å². The van der Waals surface area contributed by atoms with Crippen molar-refractivity contribution in [3.63, 3.8) is 0 Å². The smallest absolute Gasteiger partial charge is 0.262 e. The predicted octanol–water partition coefficient (Wildman–Crippen LogP) is 1.91. The molecule has 1 fully saturated rings. The lowest BCUT2D eigenvalue weighted by Crippen LogP contribution is -2.41. The molecule has 1 saturated carbocycles. The third-order valence-corrected chi connectivity index (χ3v) is 2.92. The summed E-state index contributed by atoms with van der Waals surface area (Å²) in [5.41, 5.74) is 5.45. The largest absolute Gasteiger partial charge is 0.273 e. The molecule has 94 valence electrons. The van der Waals surface area contributed by atoms with Crippen LogP contribution in [0.25, 0.3) is 6.08 Å². The van der Waals surface area contributed by atoms with E-state index >= 15 is 0 Å². The number of nitrogens with one attached hydrogen (secondary N) is 2. The molecule has 18 heavy (non-hydrogen) atoms. The molecule has 2 rings (SSSR count). The van der Waals surface area contributed by atoms with Crippen LogP contribution in [0.4, 0.5) is 0 Å². The van der Waals surface area contributed by atoms with Crippen molar-refractivity contribution in [2.75, 3.05) is 0 Å². The Kier molecular flexibility index (Phi) is 3.99. The first-order valence-corrected chi connectivity index (χ1v) is 6.07. The zero-order valence-electron chi connectivity index (χ0n) is 9.65. The number of hydrogen-bond donors (Lipinski definition) is 2. The molecule has 0 aliphatic heterocycles. The number of rotatable bonds is 3. The number of benzene rings is 1. The van der Waals surface area contributed by atoms with Crippen LogP contribution in [0.5, 0.6) is 0 Å². The van der Waals surface area contributed by atoms with Crippen molar-refractivity contribution < 1.29 is 9.59 Å². The Morgan fingerprint density at radius 3 is 2.61 bits per heavy atom. The third-order valence-electron chi connectivity index (χ3n) is 2.58. The summed E-state index contributed by atoms with van der Waals surface area (Å²) in [6.45, 7) is 0. The van der Waals surface area contributed by atoms with Gasteiger partial charge in [0, 0.05) is 17.0 Å². The summed E-state index contributed by atoms with van der Waals surface area (Å²) in [4.78, 5) is 22.7. The maximum absolute atomic E-state index is 11.4. The van der Waals surface area contributed by atoms with E-state index < -0.39 is 0 Å². The summed E-state index contributed by atoms with van der Waals surface area (Å²) < 4.78 is 0. The fraction of sp³-hybridized carbons (Fsp3) is 0.231. The van der Waals surface area contributed by atoms with Gasteiger partial charge in [-0.15, -0.1) is 0 Å². The van der Waals surface area contributed by atoms with Crippen molar-refractivity contribution in [1.29, 1.82) is 0 Å². The van der Waals surface area contributed by atoms with E-state index in [4.69, 9.17) is 11.6 Å². The van der Waals surface area contributed by atoms with E-state index in [2.05, 4.69) is 10.9 Å². The van der Waals surface area contributed by atoms with Crippen molar-refractivity contribution >= 4 is 29.5 Å².